The van der Waals surface area contributed by atoms with Crippen LogP contribution in [0, 0.1) is 0 Å². The molecular formula is C8H9BrClF3N2O. The van der Waals surface area contributed by atoms with Crippen molar-refractivity contribution in [2.24, 2.45) is 11.5 Å². The zero-order chi connectivity index (χ0) is 12.6. The number of hydrogen-bond donors (Lipinski definition) is 2. The Bertz CT molecular complexity index is 357. The fourth-order valence-corrected chi connectivity index (χ4v) is 1.64. The first kappa shape index (κ1) is 13.5. The highest BCUT2D eigenvalue weighted by atomic mass is 79.9. The third-order valence-electron chi connectivity index (χ3n) is 1.92. The Hall–Kier alpha value is -0.560. The second-order valence-electron chi connectivity index (χ2n) is 3.08. The lowest BCUT2D eigenvalue weighted by molar-refractivity contribution is -0.0536. The lowest BCUT2D eigenvalue weighted by Crippen LogP contribution is -2.45. The second-order valence-corrected chi connectivity index (χ2v) is 4.55. The highest BCUT2D eigenvalue weighted by Crippen LogP contribution is 2.48. The average Bonchev–Trinajstić information content (AvgIpc) is 2.15. The molecule has 8 heteroatoms. The minimum atomic E-state index is -3.85. The van der Waals surface area contributed by atoms with E-state index < -0.39 is 22.0 Å². The molecule has 92 valence electrons. The van der Waals surface area contributed by atoms with E-state index in [0.717, 1.165) is 0 Å². The molecule has 1 aliphatic rings. The standard InChI is InChI=1S/C8H9BrClF3N2O/c9-8(13)6(16-2-1-10)5(15)4(14)3-7(8,11)12/h3H,1-2,14-15H2. The van der Waals surface area contributed by atoms with Crippen LogP contribution in [0.4, 0.5) is 13.2 Å². The first-order valence-corrected chi connectivity index (χ1v) is 5.50. The van der Waals surface area contributed by atoms with Crippen molar-refractivity contribution < 1.29 is 17.9 Å². The summed E-state index contributed by atoms with van der Waals surface area (Å²) in [4.78, 5) is 0. The summed E-state index contributed by atoms with van der Waals surface area (Å²) >= 11 is 7.57. The molecule has 1 unspecified atom stereocenters. The Labute approximate surface area is 103 Å². The van der Waals surface area contributed by atoms with E-state index in [4.69, 9.17) is 27.8 Å². The molecule has 1 atom stereocenters. The number of allylic oxidation sites excluding steroid dienone is 2. The summed E-state index contributed by atoms with van der Waals surface area (Å²) in [5, 5.41) is 0. The molecule has 16 heavy (non-hydrogen) atoms. The normalized spacial score (nSPS) is 28.9. The van der Waals surface area contributed by atoms with Gasteiger partial charge in [-0.3, -0.25) is 0 Å². The average molecular weight is 322 g/mol. The predicted octanol–water partition coefficient (Wildman–Crippen LogP) is 1.96. The number of ether oxygens (including phenoxy) is 1. The lowest BCUT2D eigenvalue weighted by atomic mass is 10.0. The molecule has 0 aromatic rings. The summed E-state index contributed by atoms with van der Waals surface area (Å²) in [6.45, 7) is -0.155. The smallest absolute Gasteiger partial charge is 0.319 e. The number of alkyl halides is 5. The van der Waals surface area contributed by atoms with Crippen molar-refractivity contribution in [2.45, 2.75) is 10.5 Å². The Morgan fingerprint density at radius 1 is 1.38 bits per heavy atom. The molecular weight excluding hydrogens is 312 g/mol. The molecule has 0 aromatic heterocycles. The maximum Gasteiger partial charge on any atom is 0.319 e. The van der Waals surface area contributed by atoms with Crippen LogP contribution in [-0.4, -0.2) is 23.0 Å². The van der Waals surface area contributed by atoms with E-state index in [2.05, 4.69) is 15.9 Å². The monoisotopic (exact) mass is 320 g/mol. The second kappa shape index (κ2) is 4.37. The fourth-order valence-electron chi connectivity index (χ4n) is 1.12. The Kier molecular flexibility index (Phi) is 3.69. The highest BCUT2D eigenvalue weighted by Gasteiger charge is 2.59. The van der Waals surface area contributed by atoms with Gasteiger partial charge in [0.05, 0.1) is 17.3 Å². The maximum absolute atomic E-state index is 13.8. The summed E-state index contributed by atoms with van der Waals surface area (Å²) in [7, 11) is 0. The Morgan fingerprint density at radius 2 is 1.94 bits per heavy atom. The van der Waals surface area contributed by atoms with Gasteiger partial charge in [0.25, 0.3) is 4.58 Å². The summed E-state index contributed by atoms with van der Waals surface area (Å²) in [6.07, 6.45) is 0.241. The van der Waals surface area contributed by atoms with Crippen LogP contribution < -0.4 is 11.5 Å². The van der Waals surface area contributed by atoms with Crippen LogP contribution in [0.2, 0.25) is 0 Å². The molecule has 1 aliphatic carbocycles. The molecule has 0 saturated heterocycles. The maximum atomic E-state index is 13.8. The van der Waals surface area contributed by atoms with Gasteiger partial charge in [-0.2, -0.15) is 8.78 Å². The third kappa shape index (κ3) is 2.10. The first-order chi connectivity index (χ1) is 7.24. The van der Waals surface area contributed by atoms with E-state index in [1.54, 1.807) is 0 Å². The van der Waals surface area contributed by atoms with Crippen molar-refractivity contribution in [2.75, 3.05) is 12.5 Å². The first-order valence-electron chi connectivity index (χ1n) is 4.17. The Balaban J connectivity index is 3.17. The van der Waals surface area contributed by atoms with Gasteiger partial charge in [-0.1, -0.05) is 0 Å². The molecule has 0 aromatic carbocycles. The van der Waals surface area contributed by atoms with E-state index in [0.29, 0.717) is 0 Å². The number of halogens is 5. The number of hydrogen-bond acceptors (Lipinski definition) is 3. The van der Waals surface area contributed by atoms with Crippen molar-refractivity contribution in [1.82, 2.24) is 0 Å². The van der Waals surface area contributed by atoms with E-state index in [-0.39, 0.29) is 24.3 Å². The molecule has 0 bridgehead atoms. The third-order valence-corrected chi connectivity index (χ3v) is 2.96. The van der Waals surface area contributed by atoms with E-state index in [1.807, 2.05) is 0 Å². The van der Waals surface area contributed by atoms with Crippen LogP contribution in [0.25, 0.3) is 0 Å². The quantitative estimate of drug-likeness (QED) is 0.781. The topological polar surface area (TPSA) is 61.3 Å². The molecule has 0 heterocycles. The van der Waals surface area contributed by atoms with Gasteiger partial charge in [0.1, 0.15) is 6.61 Å². The van der Waals surface area contributed by atoms with Crippen LogP contribution in [0.5, 0.6) is 0 Å². The molecule has 1 rings (SSSR count). The summed E-state index contributed by atoms with van der Waals surface area (Å²) in [5.74, 6) is -4.59. The molecule has 4 N–H and O–H groups in total. The van der Waals surface area contributed by atoms with Crippen LogP contribution in [-0.2, 0) is 4.74 Å². The van der Waals surface area contributed by atoms with E-state index in [9.17, 15) is 13.2 Å². The van der Waals surface area contributed by atoms with Crippen molar-refractivity contribution in [3.05, 3.63) is 23.2 Å². The van der Waals surface area contributed by atoms with Gasteiger partial charge in [-0.15, -0.1) is 11.6 Å². The van der Waals surface area contributed by atoms with E-state index in [1.165, 1.54) is 0 Å². The SMILES string of the molecule is NC1=CC(F)(F)C(F)(Br)C(OCCCl)=C1N. The molecule has 0 aliphatic heterocycles. The molecule has 0 radical (unpaired) electrons. The van der Waals surface area contributed by atoms with Gasteiger partial charge in [-0.25, -0.2) is 4.39 Å². The molecule has 0 spiro atoms. The number of nitrogens with two attached hydrogens (primary N) is 2. The van der Waals surface area contributed by atoms with Gasteiger partial charge >= 0.3 is 5.92 Å². The zero-order valence-corrected chi connectivity index (χ0v) is 10.3. The van der Waals surface area contributed by atoms with Crippen molar-refractivity contribution in [3.8, 4) is 0 Å². The van der Waals surface area contributed by atoms with Crippen molar-refractivity contribution in [1.29, 1.82) is 0 Å². The minimum absolute atomic E-state index is 0.00898. The molecule has 0 saturated carbocycles. The highest BCUT2D eigenvalue weighted by molar-refractivity contribution is 9.10. The van der Waals surface area contributed by atoms with Gasteiger partial charge in [0.15, 0.2) is 5.76 Å². The van der Waals surface area contributed by atoms with Crippen LogP contribution in [0.3, 0.4) is 0 Å². The predicted molar refractivity (Wildman–Crippen MR) is 57.9 cm³/mol. The summed E-state index contributed by atoms with van der Waals surface area (Å²) in [6, 6.07) is 0. The van der Waals surface area contributed by atoms with Crippen LogP contribution >= 0.6 is 27.5 Å². The zero-order valence-electron chi connectivity index (χ0n) is 7.94. The lowest BCUT2D eigenvalue weighted by Gasteiger charge is -2.32. The van der Waals surface area contributed by atoms with Crippen LogP contribution in [0.1, 0.15) is 0 Å². The molecule has 3 nitrogen and oxygen atoms in total. The Morgan fingerprint density at radius 3 is 2.44 bits per heavy atom. The van der Waals surface area contributed by atoms with Gasteiger partial charge < -0.3 is 16.2 Å². The largest absolute Gasteiger partial charge is 0.490 e. The van der Waals surface area contributed by atoms with E-state index >= 15 is 0 Å². The van der Waals surface area contributed by atoms with Gasteiger partial charge in [-0.05, 0) is 15.9 Å². The van der Waals surface area contributed by atoms with Gasteiger partial charge in [0.2, 0.25) is 0 Å². The van der Waals surface area contributed by atoms with Gasteiger partial charge in [0, 0.05) is 6.08 Å². The summed E-state index contributed by atoms with van der Waals surface area (Å²) < 4.78 is 42.0. The van der Waals surface area contributed by atoms with Crippen molar-refractivity contribution >= 4 is 27.5 Å². The summed E-state index contributed by atoms with van der Waals surface area (Å²) in [5.41, 5.74) is 9.82. The minimum Gasteiger partial charge on any atom is -0.490 e. The molecule has 0 fully saturated rings. The number of rotatable bonds is 3. The fraction of sp³-hybridized carbons (Fsp3) is 0.500. The van der Waals surface area contributed by atoms with Crippen LogP contribution in [0.15, 0.2) is 23.2 Å². The van der Waals surface area contributed by atoms with Crippen molar-refractivity contribution in [3.63, 3.8) is 0 Å². The molecule has 0 amide bonds.